The van der Waals surface area contributed by atoms with Crippen molar-refractivity contribution in [1.82, 2.24) is 15.2 Å². The Labute approximate surface area is 110 Å². The van der Waals surface area contributed by atoms with Gasteiger partial charge in [0.15, 0.2) is 0 Å². The highest BCUT2D eigenvalue weighted by molar-refractivity contribution is 5.43. The summed E-state index contributed by atoms with van der Waals surface area (Å²) < 4.78 is 0. The van der Waals surface area contributed by atoms with Crippen molar-refractivity contribution in [2.24, 2.45) is 0 Å². The molecule has 2 rings (SSSR count). The van der Waals surface area contributed by atoms with E-state index >= 15 is 0 Å². The van der Waals surface area contributed by atoms with Crippen LogP contribution in [0.25, 0.3) is 0 Å². The van der Waals surface area contributed by atoms with Gasteiger partial charge in [-0.2, -0.15) is 0 Å². The molecule has 4 nitrogen and oxygen atoms in total. The third-order valence-corrected chi connectivity index (χ3v) is 3.68. The highest BCUT2D eigenvalue weighted by atomic mass is 15.3. The zero-order chi connectivity index (χ0) is 13.0. The van der Waals surface area contributed by atoms with Crippen LogP contribution in [0.4, 0.5) is 5.69 Å². The van der Waals surface area contributed by atoms with E-state index in [4.69, 9.17) is 0 Å². The normalized spacial score (nSPS) is 17.7. The van der Waals surface area contributed by atoms with Crippen LogP contribution in [0.3, 0.4) is 0 Å². The van der Waals surface area contributed by atoms with E-state index in [0.717, 1.165) is 32.7 Å². The van der Waals surface area contributed by atoms with E-state index in [-0.39, 0.29) is 5.54 Å². The molecule has 1 aliphatic heterocycles. The molecule has 4 heteroatoms. The maximum atomic E-state index is 4.18. The number of hydrogen-bond donors (Lipinski definition) is 1. The monoisotopic (exact) mass is 248 g/mol. The van der Waals surface area contributed by atoms with Crippen molar-refractivity contribution in [1.29, 1.82) is 0 Å². The lowest BCUT2D eigenvalue weighted by molar-refractivity contribution is 0.109. The number of nitrogens with zero attached hydrogens (tertiary/aromatic N) is 3. The van der Waals surface area contributed by atoms with E-state index in [1.165, 1.54) is 5.69 Å². The van der Waals surface area contributed by atoms with Crippen LogP contribution in [0.2, 0.25) is 0 Å². The number of aromatic nitrogens is 1. The lowest BCUT2D eigenvalue weighted by Crippen LogP contribution is -2.57. The lowest BCUT2D eigenvalue weighted by atomic mass is 10.0. The first kappa shape index (κ1) is 13.3. The van der Waals surface area contributed by atoms with Crippen molar-refractivity contribution in [2.45, 2.75) is 19.4 Å². The van der Waals surface area contributed by atoms with Crippen molar-refractivity contribution in [3.63, 3.8) is 0 Å². The first-order chi connectivity index (χ1) is 8.59. The Morgan fingerprint density at radius 1 is 1.39 bits per heavy atom. The Kier molecular flexibility index (Phi) is 4.19. The van der Waals surface area contributed by atoms with Gasteiger partial charge in [-0.15, -0.1) is 0 Å². The molecule has 0 amide bonds. The Bertz CT molecular complexity index is 357. The van der Waals surface area contributed by atoms with Crippen LogP contribution in [0.1, 0.15) is 13.8 Å². The number of hydrogen-bond acceptors (Lipinski definition) is 4. The maximum absolute atomic E-state index is 4.18. The molecule has 100 valence electrons. The summed E-state index contributed by atoms with van der Waals surface area (Å²) >= 11 is 0. The second kappa shape index (κ2) is 5.67. The van der Waals surface area contributed by atoms with E-state index in [9.17, 15) is 0 Å². The van der Waals surface area contributed by atoms with E-state index in [1.807, 2.05) is 18.5 Å². The van der Waals surface area contributed by atoms with Gasteiger partial charge in [0.2, 0.25) is 0 Å². The number of likely N-dealkylation sites (N-methyl/N-ethyl adjacent to an activating group) is 1. The van der Waals surface area contributed by atoms with Gasteiger partial charge in [-0.05, 0) is 26.0 Å². The summed E-state index contributed by atoms with van der Waals surface area (Å²) in [6, 6.07) is 4.10. The minimum atomic E-state index is 0.187. The van der Waals surface area contributed by atoms with Crippen LogP contribution in [0.5, 0.6) is 0 Å². The molecule has 1 aromatic heterocycles. The zero-order valence-electron chi connectivity index (χ0n) is 11.7. The highest BCUT2D eigenvalue weighted by Gasteiger charge is 2.29. The van der Waals surface area contributed by atoms with Crippen LogP contribution in [0.15, 0.2) is 24.5 Å². The van der Waals surface area contributed by atoms with Gasteiger partial charge in [-0.1, -0.05) is 0 Å². The van der Waals surface area contributed by atoms with Crippen LogP contribution < -0.4 is 10.2 Å². The molecule has 1 saturated heterocycles. The predicted octanol–water partition coefficient (Wildman–Crippen LogP) is 1.20. The molecule has 0 unspecified atom stereocenters. The van der Waals surface area contributed by atoms with E-state index in [1.54, 1.807) is 0 Å². The summed E-state index contributed by atoms with van der Waals surface area (Å²) in [4.78, 5) is 9.04. The molecule has 1 aromatic rings. The molecular formula is C14H24N4. The molecule has 0 bridgehead atoms. The average Bonchev–Trinajstić information content (AvgIpc) is 2.40. The first-order valence-corrected chi connectivity index (χ1v) is 6.66. The Morgan fingerprint density at radius 2 is 2.11 bits per heavy atom. The summed E-state index contributed by atoms with van der Waals surface area (Å²) in [7, 11) is 2.14. The van der Waals surface area contributed by atoms with Gasteiger partial charge in [-0.3, -0.25) is 9.88 Å². The topological polar surface area (TPSA) is 31.4 Å². The number of anilines is 1. The first-order valence-electron chi connectivity index (χ1n) is 6.66. The second-order valence-corrected chi connectivity index (χ2v) is 5.62. The highest BCUT2D eigenvalue weighted by Crippen LogP contribution is 2.19. The SMILES string of the molecule is CN(CC(C)(C)N1CCNCC1)c1cccnc1. The third kappa shape index (κ3) is 3.21. The molecule has 0 atom stereocenters. The van der Waals surface area contributed by atoms with Gasteiger partial charge in [0.05, 0.1) is 11.9 Å². The number of nitrogens with one attached hydrogen (secondary N) is 1. The van der Waals surface area contributed by atoms with E-state index in [0.29, 0.717) is 0 Å². The fraction of sp³-hybridized carbons (Fsp3) is 0.643. The molecule has 1 fully saturated rings. The minimum absolute atomic E-state index is 0.187. The van der Waals surface area contributed by atoms with Crippen LogP contribution >= 0.6 is 0 Å². The van der Waals surface area contributed by atoms with E-state index in [2.05, 4.69) is 47.1 Å². The molecule has 1 aliphatic rings. The van der Waals surface area contributed by atoms with Gasteiger partial charge in [0, 0.05) is 51.5 Å². The Hall–Kier alpha value is -1.13. The van der Waals surface area contributed by atoms with Crippen LogP contribution in [0, 0.1) is 0 Å². The molecule has 18 heavy (non-hydrogen) atoms. The summed E-state index contributed by atoms with van der Waals surface area (Å²) in [6.45, 7) is 10.1. The third-order valence-electron chi connectivity index (χ3n) is 3.68. The quantitative estimate of drug-likeness (QED) is 0.867. The van der Waals surface area contributed by atoms with Gasteiger partial charge in [0.25, 0.3) is 0 Å². The number of rotatable bonds is 4. The van der Waals surface area contributed by atoms with Crippen LogP contribution in [-0.4, -0.2) is 55.2 Å². The van der Waals surface area contributed by atoms with Crippen molar-refractivity contribution >= 4 is 5.69 Å². The average molecular weight is 248 g/mol. The zero-order valence-corrected chi connectivity index (χ0v) is 11.7. The van der Waals surface area contributed by atoms with Gasteiger partial charge < -0.3 is 10.2 Å². The lowest BCUT2D eigenvalue weighted by Gasteiger charge is -2.43. The second-order valence-electron chi connectivity index (χ2n) is 5.62. The van der Waals surface area contributed by atoms with Gasteiger partial charge in [-0.25, -0.2) is 0 Å². The fourth-order valence-electron chi connectivity index (χ4n) is 2.62. The molecular weight excluding hydrogens is 224 g/mol. The molecule has 0 aromatic carbocycles. The molecule has 1 N–H and O–H groups in total. The maximum Gasteiger partial charge on any atom is 0.0550 e. The van der Waals surface area contributed by atoms with Gasteiger partial charge >= 0.3 is 0 Å². The standard InChI is InChI=1S/C14H24N4/c1-14(2,18-9-7-15-8-10-18)12-17(3)13-5-4-6-16-11-13/h4-6,11,15H,7-10,12H2,1-3H3. The van der Waals surface area contributed by atoms with Crippen molar-refractivity contribution < 1.29 is 0 Å². The van der Waals surface area contributed by atoms with Crippen molar-refractivity contribution in [3.8, 4) is 0 Å². The number of pyridine rings is 1. The molecule has 0 aliphatic carbocycles. The summed E-state index contributed by atoms with van der Waals surface area (Å²) in [5.74, 6) is 0. The smallest absolute Gasteiger partial charge is 0.0550 e. The molecule has 0 radical (unpaired) electrons. The summed E-state index contributed by atoms with van der Waals surface area (Å²) in [5.41, 5.74) is 1.37. The predicted molar refractivity (Wildman–Crippen MR) is 76.0 cm³/mol. The molecule has 0 spiro atoms. The van der Waals surface area contributed by atoms with E-state index < -0.39 is 0 Å². The minimum Gasteiger partial charge on any atom is -0.372 e. The Morgan fingerprint density at radius 3 is 2.72 bits per heavy atom. The summed E-state index contributed by atoms with van der Waals surface area (Å²) in [6.07, 6.45) is 3.74. The fourth-order valence-corrected chi connectivity index (χ4v) is 2.62. The van der Waals surface area contributed by atoms with Crippen molar-refractivity contribution in [2.75, 3.05) is 44.7 Å². The molecule has 2 heterocycles. The largest absolute Gasteiger partial charge is 0.372 e. The van der Waals surface area contributed by atoms with Crippen molar-refractivity contribution in [3.05, 3.63) is 24.5 Å². The molecule has 0 saturated carbocycles. The number of piperazine rings is 1. The Balaban J connectivity index is 1.98. The summed E-state index contributed by atoms with van der Waals surface area (Å²) in [5, 5.41) is 3.41. The van der Waals surface area contributed by atoms with Gasteiger partial charge in [0.1, 0.15) is 0 Å². The van der Waals surface area contributed by atoms with Crippen LogP contribution in [-0.2, 0) is 0 Å².